The van der Waals surface area contributed by atoms with Crippen LogP contribution in [0.25, 0.3) is 0 Å². The summed E-state index contributed by atoms with van der Waals surface area (Å²) in [4.78, 5) is 11.7. The molecule has 2 rings (SSSR count). The Balaban J connectivity index is 2.64. The van der Waals surface area contributed by atoms with Crippen LogP contribution in [0, 0.1) is 50.7 Å². The van der Waals surface area contributed by atoms with E-state index in [1.54, 1.807) is 48.5 Å². The van der Waals surface area contributed by atoms with Gasteiger partial charge in [0.1, 0.15) is 0 Å². The van der Waals surface area contributed by atoms with Crippen LogP contribution < -0.4 is 11.6 Å². The normalized spacial score (nSPS) is 26.0. The van der Waals surface area contributed by atoms with Crippen molar-refractivity contribution in [3.63, 3.8) is 0 Å². The van der Waals surface area contributed by atoms with Crippen molar-refractivity contribution in [3.8, 4) is 18.2 Å². The zero-order valence-electron chi connectivity index (χ0n) is 10.8. The average molecular weight is 278 g/mol. The first-order valence-electron chi connectivity index (χ1n) is 5.92. The molecule has 0 unspecified atom stereocenters. The fourth-order valence-corrected chi connectivity index (χ4v) is 2.68. The van der Waals surface area contributed by atoms with Gasteiger partial charge in [0.2, 0.25) is 5.91 Å². The minimum atomic E-state index is -1.94. The minimum absolute atomic E-state index is 0.138. The molecule has 1 aromatic carbocycles. The van der Waals surface area contributed by atoms with Gasteiger partial charge in [0.15, 0.2) is 10.8 Å². The summed E-state index contributed by atoms with van der Waals surface area (Å²) >= 11 is 0. The van der Waals surface area contributed by atoms with E-state index in [2.05, 4.69) is 5.10 Å². The van der Waals surface area contributed by atoms with Gasteiger partial charge >= 0.3 is 0 Å². The summed E-state index contributed by atoms with van der Waals surface area (Å²) < 4.78 is 0. The van der Waals surface area contributed by atoms with Gasteiger partial charge in [0.25, 0.3) is 0 Å². The van der Waals surface area contributed by atoms with Gasteiger partial charge in [-0.1, -0.05) is 30.3 Å². The number of nitriles is 3. The van der Waals surface area contributed by atoms with Crippen LogP contribution >= 0.6 is 0 Å². The first-order chi connectivity index (χ1) is 10.1. The van der Waals surface area contributed by atoms with Crippen LogP contribution in [-0.4, -0.2) is 11.6 Å². The summed E-state index contributed by atoms with van der Waals surface area (Å²) in [5.41, 5.74) is 2.12. The fourth-order valence-electron chi connectivity index (χ4n) is 2.68. The molecule has 1 aliphatic carbocycles. The Bertz CT molecular complexity index is 734. The van der Waals surface area contributed by atoms with Gasteiger partial charge in [-0.15, -0.1) is 0 Å². The Hall–Kier alpha value is -3.37. The van der Waals surface area contributed by atoms with Crippen molar-refractivity contribution >= 4 is 11.6 Å². The molecule has 2 atom stereocenters. The Morgan fingerprint density at radius 3 is 2.05 bits per heavy atom. The molecule has 0 aromatic heterocycles. The summed E-state index contributed by atoms with van der Waals surface area (Å²) in [5, 5.41) is 31.5. The largest absolute Gasteiger partial charge is 0.368 e. The topological polar surface area (TPSA) is 153 Å². The Morgan fingerprint density at radius 2 is 1.71 bits per heavy atom. The standard InChI is InChI=1S/C14H10N6O/c15-6-13(7-16)11(14(13,8-17)12(18)21)10(20-19)9-4-2-1-3-5-9/h1-5,11H,19H2,(H2,18,21)/b20-10-/t11-,14+/m1/s1. The van der Waals surface area contributed by atoms with Crippen molar-refractivity contribution in [3.05, 3.63) is 35.9 Å². The highest BCUT2D eigenvalue weighted by atomic mass is 16.1. The quantitative estimate of drug-likeness (QED) is 0.453. The molecule has 1 saturated carbocycles. The third-order valence-electron chi connectivity index (χ3n) is 3.80. The van der Waals surface area contributed by atoms with Gasteiger partial charge in [-0.05, 0) is 5.56 Å². The zero-order chi connectivity index (χ0) is 15.7. The van der Waals surface area contributed by atoms with Crippen LogP contribution in [0.1, 0.15) is 5.56 Å². The van der Waals surface area contributed by atoms with E-state index in [0.717, 1.165) is 0 Å². The molecule has 1 aromatic rings. The first-order valence-corrected chi connectivity index (χ1v) is 5.92. The molecule has 0 saturated heterocycles. The van der Waals surface area contributed by atoms with Crippen LogP contribution in [0.5, 0.6) is 0 Å². The van der Waals surface area contributed by atoms with Crippen molar-refractivity contribution in [1.82, 2.24) is 0 Å². The second-order valence-corrected chi connectivity index (χ2v) is 4.63. The molecular formula is C14H10N6O. The average Bonchev–Trinajstić information content (AvgIpc) is 3.13. The predicted octanol–water partition coefficient (Wildman–Crippen LogP) is 0.00804. The number of rotatable bonds is 3. The molecule has 21 heavy (non-hydrogen) atoms. The van der Waals surface area contributed by atoms with Crippen LogP contribution in [0.15, 0.2) is 35.4 Å². The third-order valence-corrected chi connectivity index (χ3v) is 3.80. The molecule has 0 spiro atoms. The number of hydrogen-bond donors (Lipinski definition) is 2. The molecule has 1 amide bonds. The Labute approximate surface area is 120 Å². The lowest BCUT2D eigenvalue weighted by molar-refractivity contribution is -0.121. The van der Waals surface area contributed by atoms with Gasteiger partial charge in [0.05, 0.1) is 29.8 Å². The molecule has 0 bridgehead atoms. The van der Waals surface area contributed by atoms with E-state index in [4.69, 9.17) is 11.6 Å². The highest BCUT2D eigenvalue weighted by Crippen LogP contribution is 2.69. The number of amides is 1. The molecule has 7 nitrogen and oxygen atoms in total. The van der Waals surface area contributed by atoms with Crippen molar-refractivity contribution in [2.75, 3.05) is 0 Å². The maximum absolute atomic E-state index is 11.7. The molecule has 0 aliphatic heterocycles. The second-order valence-electron chi connectivity index (χ2n) is 4.63. The summed E-state index contributed by atoms with van der Waals surface area (Å²) in [6.07, 6.45) is 0. The van der Waals surface area contributed by atoms with Crippen LogP contribution in [0.3, 0.4) is 0 Å². The van der Waals surface area contributed by atoms with Crippen molar-refractivity contribution < 1.29 is 4.79 Å². The number of benzene rings is 1. The molecule has 1 aliphatic rings. The van der Waals surface area contributed by atoms with Crippen molar-refractivity contribution in [1.29, 1.82) is 15.8 Å². The summed E-state index contributed by atoms with van der Waals surface area (Å²) in [7, 11) is 0. The molecule has 102 valence electrons. The van der Waals surface area contributed by atoms with Crippen LogP contribution in [0.2, 0.25) is 0 Å². The van der Waals surface area contributed by atoms with Crippen LogP contribution in [-0.2, 0) is 4.79 Å². The smallest absolute Gasteiger partial charge is 0.241 e. The highest BCUT2D eigenvalue weighted by Gasteiger charge is 2.85. The van der Waals surface area contributed by atoms with Gasteiger partial charge < -0.3 is 11.6 Å². The number of hydrazone groups is 1. The lowest BCUT2D eigenvalue weighted by Crippen LogP contribution is -2.29. The number of primary amides is 1. The van der Waals surface area contributed by atoms with Crippen LogP contribution in [0.4, 0.5) is 0 Å². The predicted molar refractivity (Wildman–Crippen MR) is 71.6 cm³/mol. The van der Waals surface area contributed by atoms with E-state index in [9.17, 15) is 20.6 Å². The maximum atomic E-state index is 11.7. The Kier molecular flexibility index (Phi) is 3.10. The van der Waals surface area contributed by atoms with Gasteiger partial charge in [-0.3, -0.25) is 4.79 Å². The molecular weight excluding hydrogens is 268 g/mol. The number of hydrogen-bond acceptors (Lipinski definition) is 6. The fraction of sp³-hybridized carbons (Fsp3) is 0.214. The molecule has 4 N–H and O–H groups in total. The lowest BCUT2D eigenvalue weighted by Gasteiger charge is -2.05. The summed E-state index contributed by atoms with van der Waals surface area (Å²) in [6.45, 7) is 0. The maximum Gasteiger partial charge on any atom is 0.241 e. The summed E-state index contributed by atoms with van der Waals surface area (Å²) in [5.74, 6) is 3.25. The van der Waals surface area contributed by atoms with Gasteiger partial charge in [-0.2, -0.15) is 20.9 Å². The SMILES string of the molecule is N#CC1(C#N)[C@@H](/C(=N\N)c2ccccc2)[C@@]1(C#N)C(N)=O. The van der Waals surface area contributed by atoms with E-state index in [1.807, 2.05) is 0 Å². The number of carbonyl (C=O) groups excluding carboxylic acids is 1. The lowest BCUT2D eigenvalue weighted by atomic mass is 9.96. The van der Waals surface area contributed by atoms with Gasteiger partial charge in [-0.25, -0.2) is 0 Å². The minimum Gasteiger partial charge on any atom is -0.368 e. The van der Waals surface area contributed by atoms with E-state index in [1.165, 1.54) is 0 Å². The zero-order valence-corrected chi connectivity index (χ0v) is 10.8. The third kappa shape index (κ3) is 1.51. The van der Waals surface area contributed by atoms with E-state index in [0.29, 0.717) is 5.56 Å². The van der Waals surface area contributed by atoms with E-state index >= 15 is 0 Å². The number of carbonyl (C=O) groups is 1. The molecule has 0 radical (unpaired) electrons. The van der Waals surface area contributed by atoms with Gasteiger partial charge in [0, 0.05) is 0 Å². The Morgan fingerprint density at radius 1 is 1.14 bits per heavy atom. The van der Waals surface area contributed by atoms with Crippen molar-refractivity contribution in [2.45, 2.75) is 0 Å². The highest BCUT2D eigenvalue weighted by molar-refractivity contribution is 6.12. The molecule has 0 heterocycles. The number of nitrogens with zero attached hydrogens (tertiary/aromatic N) is 4. The van der Waals surface area contributed by atoms with Crippen molar-refractivity contribution in [2.24, 2.45) is 33.4 Å². The number of nitrogens with two attached hydrogens (primary N) is 2. The first kappa shape index (κ1) is 14.0. The molecule has 7 heteroatoms. The summed E-state index contributed by atoms with van der Waals surface area (Å²) in [6, 6.07) is 13.7. The van der Waals surface area contributed by atoms with E-state index < -0.39 is 22.7 Å². The molecule has 1 fully saturated rings. The monoisotopic (exact) mass is 278 g/mol. The second kappa shape index (κ2) is 4.63. The van der Waals surface area contributed by atoms with E-state index in [-0.39, 0.29) is 5.71 Å².